The van der Waals surface area contributed by atoms with E-state index in [0.29, 0.717) is 10.2 Å². The third-order valence-electron chi connectivity index (χ3n) is 2.62. The van der Waals surface area contributed by atoms with Crippen LogP contribution in [0, 0.1) is 0 Å². The van der Waals surface area contributed by atoms with E-state index in [9.17, 15) is 0 Å². The van der Waals surface area contributed by atoms with Gasteiger partial charge in [0.05, 0.1) is 10.6 Å². The van der Waals surface area contributed by atoms with Gasteiger partial charge in [0.2, 0.25) is 0 Å². The lowest BCUT2D eigenvalue weighted by molar-refractivity contribution is 0.568. The molecule has 1 N–H and O–H groups in total. The highest BCUT2D eigenvalue weighted by molar-refractivity contribution is 9.10. The molecule has 0 amide bonds. The summed E-state index contributed by atoms with van der Waals surface area (Å²) in [4.78, 5) is 10.1. The number of nitrogens with zero attached hydrogens (tertiary/aromatic N) is 2. The molecule has 2 aromatic heterocycles. The van der Waals surface area contributed by atoms with Crippen molar-refractivity contribution in [1.82, 2.24) is 9.97 Å². The standard InChI is InChI=1S/C13H15BrClN3S/c1-13(2,3)9-6-10(16-4)18-12(17-9)8-5-7(14)11(15)19-8/h5-6H,1-4H3,(H,16,17,18). The third kappa shape index (κ3) is 3.27. The fourth-order valence-electron chi connectivity index (χ4n) is 1.53. The predicted octanol–water partition coefficient (Wildman–Crippen LogP) is 4.96. The summed E-state index contributed by atoms with van der Waals surface area (Å²) in [6, 6.07) is 3.93. The Balaban J connectivity index is 2.57. The van der Waals surface area contributed by atoms with Crippen LogP contribution in [0.5, 0.6) is 0 Å². The number of nitrogens with one attached hydrogen (secondary N) is 1. The molecule has 0 aromatic carbocycles. The maximum Gasteiger partial charge on any atom is 0.171 e. The second-order valence-electron chi connectivity index (χ2n) is 5.19. The molecule has 2 aromatic rings. The van der Waals surface area contributed by atoms with Gasteiger partial charge >= 0.3 is 0 Å². The second kappa shape index (κ2) is 5.38. The molecule has 6 heteroatoms. The molecule has 19 heavy (non-hydrogen) atoms. The Morgan fingerprint density at radius 1 is 1.26 bits per heavy atom. The van der Waals surface area contributed by atoms with E-state index in [-0.39, 0.29) is 5.41 Å². The molecule has 0 spiro atoms. The molecule has 0 unspecified atom stereocenters. The largest absolute Gasteiger partial charge is 0.373 e. The predicted molar refractivity (Wildman–Crippen MR) is 86.3 cm³/mol. The molecule has 0 aliphatic rings. The van der Waals surface area contributed by atoms with Gasteiger partial charge in [-0.15, -0.1) is 11.3 Å². The van der Waals surface area contributed by atoms with Gasteiger partial charge in [0.15, 0.2) is 5.82 Å². The van der Waals surface area contributed by atoms with Gasteiger partial charge in [-0.2, -0.15) is 0 Å². The van der Waals surface area contributed by atoms with Crippen LogP contribution in [0.2, 0.25) is 4.34 Å². The van der Waals surface area contributed by atoms with Gasteiger partial charge in [-0.05, 0) is 22.0 Å². The lowest BCUT2D eigenvalue weighted by atomic mass is 9.92. The summed E-state index contributed by atoms with van der Waals surface area (Å²) in [5.41, 5.74) is 0.976. The minimum Gasteiger partial charge on any atom is -0.373 e. The molecule has 0 saturated carbocycles. The van der Waals surface area contributed by atoms with Gasteiger partial charge in [-0.1, -0.05) is 32.4 Å². The lowest BCUT2D eigenvalue weighted by Gasteiger charge is -2.19. The summed E-state index contributed by atoms with van der Waals surface area (Å²) in [5, 5.41) is 3.08. The average molecular weight is 361 g/mol. The number of anilines is 1. The molecule has 0 radical (unpaired) electrons. The van der Waals surface area contributed by atoms with Gasteiger partial charge in [0, 0.05) is 23.0 Å². The first-order valence-electron chi connectivity index (χ1n) is 5.84. The first-order valence-corrected chi connectivity index (χ1v) is 7.82. The molecule has 102 valence electrons. The first-order chi connectivity index (χ1) is 8.81. The monoisotopic (exact) mass is 359 g/mol. The fraction of sp³-hybridized carbons (Fsp3) is 0.385. The molecular formula is C13H15BrClN3S. The summed E-state index contributed by atoms with van der Waals surface area (Å²) >= 11 is 11.0. The number of thiophene rings is 1. The van der Waals surface area contributed by atoms with Crippen LogP contribution in [0.15, 0.2) is 16.6 Å². The number of rotatable bonds is 2. The van der Waals surface area contributed by atoms with E-state index in [4.69, 9.17) is 11.6 Å². The molecule has 0 bridgehead atoms. The maximum atomic E-state index is 6.08. The van der Waals surface area contributed by atoms with Gasteiger partial charge in [-0.25, -0.2) is 9.97 Å². The van der Waals surface area contributed by atoms with Crippen LogP contribution in [0.1, 0.15) is 26.5 Å². The molecule has 0 atom stereocenters. The first kappa shape index (κ1) is 14.8. The van der Waals surface area contributed by atoms with Gasteiger partial charge in [-0.3, -0.25) is 0 Å². The van der Waals surface area contributed by atoms with E-state index in [1.54, 1.807) is 0 Å². The van der Waals surface area contributed by atoms with Crippen molar-refractivity contribution in [3.8, 4) is 10.7 Å². The van der Waals surface area contributed by atoms with E-state index in [2.05, 4.69) is 52.0 Å². The Labute approximate surface area is 130 Å². The van der Waals surface area contributed by atoms with Crippen molar-refractivity contribution in [3.05, 3.63) is 26.6 Å². The highest BCUT2D eigenvalue weighted by Crippen LogP contribution is 2.37. The summed E-state index contributed by atoms with van der Waals surface area (Å²) in [5.74, 6) is 1.52. The van der Waals surface area contributed by atoms with E-state index in [1.807, 2.05) is 19.2 Å². The van der Waals surface area contributed by atoms with Crippen LogP contribution in [0.25, 0.3) is 10.7 Å². The maximum absolute atomic E-state index is 6.08. The van der Waals surface area contributed by atoms with Gasteiger partial charge < -0.3 is 5.32 Å². The second-order valence-corrected chi connectivity index (χ2v) is 7.70. The summed E-state index contributed by atoms with van der Waals surface area (Å²) in [7, 11) is 1.86. The highest BCUT2D eigenvalue weighted by atomic mass is 79.9. The SMILES string of the molecule is CNc1cc(C(C)(C)C)nc(-c2cc(Br)c(Cl)s2)n1. The number of aromatic nitrogens is 2. The van der Waals surface area contributed by atoms with E-state index in [1.165, 1.54) is 11.3 Å². The zero-order chi connectivity index (χ0) is 14.2. The van der Waals surface area contributed by atoms with E-state index in [0.717, 1.165) is 20.9 Å². The van der Waals surface area contributed by atoms with Crippen LogP contribution in [0.4, 0.5) is 5.82 Å². The van der Waals surface area contributed by atoms with Crippen molar-refractivity contribution >= 4 is 44.7 Å². The Kier molecular flexibility index (Phi) is 4.18. The van der Waals surface area contributed by atoms with Gasteiger partial charge in [0.1, 0.15) is 10.2 Å². The van der Waals surface area contributed by atoms with Crippen LogP contribution in [-0.2, 0) is 5.41 Å². The van der Waals surface area contributed by atoms with Crippen molar-refractivity contribution in [2.75, 3.05) is 12.4 Å². The fourth-order valence-corrected chi connectivity index (χ4v) is 3.16. The topological polar surface area (TPSA) is 37.8 Å². The number of halogens is 2. The summed E-state index contributed by atoms with van der Waals surface area (Å²) < 4.78 is 1.59. The van der Waals surface area contributed by atoms with Crippen LogP contribution >= 0.6 is 38.9 Å². The lowest BCUT2D eigenvalue weighted by Crippen LogP contribution is -2.15. The van der Waals surface area contributed by atoms with Crippen molar-refractivity contribution in [2.24, 2.45) is 0 Å². The molecule has 0 aliphatic heterocycles. The Hall–Kier alpha value is -0.650. The zero-order valence-corrected chi connectivity index (χ0v) is 14.4. The molecule has 2 heterocycles. The Bertz CT molecular complexity index is 585. The molecule has 2 rings (SSSR count). The number of hydrogen-bond acceptors (Lipinski definition) is 4. The molecular weight excluding hydrogens is 346 g/mol. The highest BCUT2D eigenvalue weighted by Gasteiger charge is 2.19. The van der Waals surface area contributed by atoms with Crippen molar-refractivity contribution in [3.63, 3.8) is 0 Å². The third-order valence-corrected chi connectivity index (χ3v) is 5.09. The minimum atomic E-state index is -0.0262. The Morgan fingerprint density at radius 2 is 1.95 bits per heavy atom. The van der Waals surface area contributed by atoms with Crippen molar-refractivity contribution < 1.29 is 0 Å². The Morgan fingerprint density at radius 3 is 2.42 bits per heavy atom. The van der Waals surface area contributed by atoms with Gasteiger partial charge in [0.25, 0.3) is 0 Å². The normalized spacial score (nSPS) is 11.7. The summed E-state index contributed by atoms with van der Waals surface area (Å²) in [6.45, 7) is 6.40. The molecule has 0 fully saturated rings. The average Bonchev–Trinajstić information content (AvgIpc) is 2.68. The summed E-state index contributed by atoms with van der Waals surface area (Å²) in [6.07, 6.45) is 0. The minimum absolute atomic E-state index is 0.0262. The van der Waals surface area contributed by atoms with E-state index >= 15 is 0 Å². The molecule has 0 saturated heterocycles. The smallest absolute Gasteiger partial charge is 0.171 e. The van der Waals surface area contributed by atoms with Crippen LogP contribution in [-0.4, -0.2) is 17.0 Å². The van der Waals surface area contributed by atoms with Crippen LogP contribution < -0.4 is 5.32 Å². The van der Waals surface area contributed by atoms with Crippen molar-refractivity contribution in [2.45, 2.75) is 26.2 Å². The number of hydrogen-bond donors (Lipinski definition) is 1. The molecule has 3 nitrogen and oxygen atoms in total. The van der Waals surface area contributed by atoms with Crippen molar-refractivity contribution in [1.29, 1.82) is 0 Å². The molecule has 0 aliphatic carbocycles. The van der Waals surface area contributed by atoms with E-state index < -0.39 is 0 Å². The zero-order valence-electron chi connectivity index (χ0n) is 11.2. The quantitative estimate of drug-likeness (QED) is 0.822. The van der Waals surface area contributed by atoms with Crippen LogP contribution in [0.3, 0.4) is 0 Å².